The minimum absolute atomic E-state index is 0.0819. The third-order valence-electron chi connectivity index (χ3n) is 2.74. The van der Waals surface area contributed by atoms with E-state index in [1.165, 1.54) is 13.3 Å². The van der Waals surface area contributed by atoms with Crippen LogP contribution in [0.25, 0.3) is 0 Å². The van der Waals surface area contributed by atoms with Crippen LogP contribution < -0.4 is 0 Å². The molecule has 0 saturated heterocycles. The number of rotatable bonds is 2. The highest BCUT2D eigenvalue weighted by molar-refractivity contribution is 5.88. The maximum absolute atomic E-state index is 13.0. The van der Waals surface area contributed by atoms with Gasteiger partial charge in [-0.2, -0.15) is 5.10 Å². The molecule has 0 radical (unpaired) electrons. The zero-order valence-electron chi connectivity index (χ0n) is 8.52. The first-order chi connectivity index (χ1) is 7.20. The summed E-state index contributed by atoms with van der Waals surface area (Å²) in [5.41, 5.74) is 0.416. The van der Waals surface area contributed by atoms with E-state index in [4.69, 9.17) is 0 Å². The van der Waals surface area contributed by atoms with Gasteiger partial charge in [0.05, 0.1) is 24.9 Å². The first kappa shape index (κ1) is 10.1. The number of aromatic nitrogens is 2. The van der Waals surface area contributed by atoms with Crippen molar-refractivity contribution in [1.82, 2.24) is 9.78 Å². The summed E-state index contributed by atoms with van der Waals surface area (Å²) in [7, 11) is 1.33. The quantitative estimate of drug-likeness (QED) is 0.701. The molecule has 1 aromatic rings. The van der Waals surface area contributed by atoms with Crippen molar-refractivity contribution in [2.24, 2.45) is 0 Å². The van der Waals surface area contributed by atoms with E-state index in [9.17, 15) is 9.18 Å². The molecule has 1 aliphatic carbocycles. The molecular weight excluding hydrogens is 199 g/mol. The first-order valence-electron chi connectivity index (χ1n) is 4.97. The molecule has 2 atom stereocenters. The van der Waals surface area contributed by atoms with Gasteiger partial charge in [-0.1, -0.05) is 0 Å². The van der Waals surface area contributed by atoms with Gasteiger partial charge in [0.2, 0.25) is 0 Å². The lowest BCUT2D eigenvalue weighted by Gasteiger charge is -2.08. The minimum atomic E-state index is -0.735. The van der Waals surface area contributed by atoms with Gasteiger partial charge in [0.1, 0.15) is 6.17 Å². The molecule has 0 bridgehead atoms. The van der Waals surface area contributed by atoms with Crippen LogP contribution in [-0.4, -0.2) is 29.0 Å². The van der Waals surface area contributed by atoms with Crippen molar-refractivity contribution in [3.05, 3.63) is 18.0 Å². The van der Waals surface area contributed by atoms with E-state index in [1.807, 2.05) is 0 Å². The Bertz CT molecular complexity index is 364. The number of ether oxygens (including phenoxy) is 1. The summed E-state index contributed by atoms with van der Waals surface area (Å²) in [5, 5.41) is 4.05. The van der Waals surface area contributed by atoms with Crippen LogP contribution in [0.1, 0.15) is 35.7 Å². The van der Waals surface area contributed by atoms with Crippen LogP contribution in [0, 0.1) is 0 Å². The van der Waals surface area contributed by atoms with Crippen molar-refractivity contribution >= 4 is 5.97 Å². The van der Waals surface area contributed by atoms with Crippen molar-refractivity contribution in [3.8, 4) is 0 Å². The molecule has 2 rings (SSSR count). The summed E-state index contributed by atoms with van der Waals surface area (Å²) < 4.78 is 19.2. The number of hydrogen-bond acceptors (Lipinski definition) is 3. The normalized spacial score (nSPS) is 25.5. The largest absolute Gasteiger partial charge is 0.465 e. The van der Waals surface area contributed by atoms with Gasteiger partial charge in [-0.15, -0.1) is 0 Å². The molecule has 1 heterocycles. The number of alkyl halides is 1. The molecule has 1 aliphatic rings. The average molecular weight is 212 g/mol. The molecule has 1 fully saturated rings. The van der Waals surface area contributed by atoms with Gasteiger partial charge < -0.3 is 4.74 Å². The number of hydrogen-bond donors (Lipinski definition) is 0. The Morgan fingerprint density at radius 2 is 2.47 bits per heavy atom. The van der Waals surface area contributed by atoms with Crippen LogP contribution in [-0.2, 0) is 4.74 Å². The molecule has 0 spiro atoms. The second-order valence-corrected chi connectivity index (χ2v) is 3.76. The lowest BCUT2D eigenvalue weighted by molar-refractivity contribution is 0.0600. The Kier molecular flexibility index (Phi) is 2.70. The molecule has 0 aliphatic heterocycles. The highest BCUT2D eigenvalue weighted by atomic mass is 19.1. The Hall–Kier alpha value is -1.39. The molecule has 5 heteroatoms. The van der Waals surface area contributed by atoms with Crippen molar-refractivity contribution in [1.29, 1.82) is 0 Å². The zero-order chi connectivity index (χ0) is 10.8. The summed E-state index contributed by atoms with van der Waals surface area (Å²) in [5.74, 6) is -0.406. The van der Waals surface area contributed by atoms with Crippen molar-refractivity contribution in [2.75, 3.05) is 7.11 Å². The van der Waals surface area contributed by atoms with Crippen LogP contribution in [0.15, 0.2) is 12.4 Å². The minimum Gasteiger partial charge on any atom is -0.465 e. The Morgan fingerprint density at radius 1 is 1.67 bits per heavy atom. The maximum atomic E-state index is 13.0. The maximum Gasteiger partial charge on any atom is 0.341 e. The van der Waals surface area contributed by atoms with Crippen LogP contribution in [0.2, 0.25) is 0 Å². The fraction of sp³-hybridized carbons (Fsp3) is 0.600. The van der Waals surface area contributed by atoms with E-state index >= 15 is 0 Å². The summed E-state index contributed by atoms with van der Waals surface area (Å²) in [4.78, 5) is 11.2. The smallest absolute Gasteiger partial charge is 0.341 e. The third kappa shape index (κ3) is 2.00. The van der Waals surface area contributed by atoms with Gasteiger partial charge >= 0.3 is 5.97 Å². The molecule has 1 aromatic heterocycles. The van der Waals surface area contributed by atoms with E-state index in [2.05, 4.69) is 9.84 Å². The van der Waals surface area contributed by atoms with E-state index in [0.29, 0.717) is 18.4 Å². The second-order valence-electron chi connectivity index (χ2n) is 3.76. The molecule has 82 valence electrons. The van der Waals surface area contributed by atoms with Crippen LogP contribution in [0.5, 0.6) is 0 Å². The topological polar surface area (TPSA) is 44.1 Å². The molecule has 0 amide bonds. The van der Waals surface area contributed by atoms with Crippen molar-refractivity contribution in [3.63, 3.8) is 0 Å². The SMILES string of the molecule is COC(=O)c1cnn(C2CCC(F)C2)c1. The van der Waals surface area contributed by atoms with Gasteiger partial charge in [-0.25, -0.2) is 9.18 Å². The number of esters is 1. The molecule has 15 heavy (non-hydrogen) atoms. The standard InChI is InChI=1S/C10H13FN2O2/c1-15-10(14)7-5-12-13(6-7)9-3-2-8(11)4-9/h5-6,8-9H,2-4H2,1H3. The van der Waals surface area contributed by atoms with Gasteiger partial charge in [-0.3, -0.25) is 4.68 Å². The Morgan fingerprint density at radius 3 is 3.07 bits per heavy atom. The Labute approximate surface area is 87.0 Å². The molecule has 0 N–H and O–H groups in total. The number of carbonyl (C=O) groups is 1. The molecule has 4 nitrogen and oxygen atoms in total. The van der Waals surface area contributed by atoms with Gasteiger partial charge in [0.25, 0.3) is 0 Å². The van der Waals surface area contributed by atoms with Crippen molar-refractivity contribution in [2.45, 2.75) is 31.5 Å². The summed E-state index contributed by atoms with van der Waals surface area (Å²) in [6.07, 6.45) is 4.19. The molecular formula is C10H13FN2O2. The second kappa shape index (κ2) is 4.00. The predicted octanol–water partition coefficient (Wildman–Crippen LogP) is 1.73. The number of methoxy groups -OCH3 is 1. The monoisotopic (exact) mass is 212 g/mol. The van der Waals surface area contributed by atoms with Crippen LogP contribution >= 0.6 is 0 Å². The average Bonchev–Trinajstić information content (AvgIpc) is 2.84. The lowest BCUT2D eigenvalue weighted by atomic mass is 10.2. The highest BCUT2D eigenvalue weighted by Crippen LogP contribution is 2.31. The van der Waals surface area contributed by atoms with Crippen molar-refractivity contribution < 1.29 is 13.9 Å². The number of carbonyl (C=O) groups excluding carboxylic acids is 1. The van der Waals surface area contributed by atoms with E-state index < -0.39 is 12.1 Å². The highest BCUT2D eigenvalue weighted by Gasteiger charge is 2.26. The molecule has 1 saturated carbocycles. The fourth-order valence-corrected chi connectivity index (χ4v) is 1.91. The van der Waals surface area contributed by atoms with Gasteiger partial charge in [-0.05, 0) is 12.8 Å². The molecule has 2 unspecified atom stereocenters. The van der Waals surface area contributed by atoms with Gasteiger partial charge in [0.15, 0.2) is 0 Å². The number of nitrogens with zero attached hydrogens (tertiary/aromatic N) is 2. The van der Waals surface area contributed by atoms with Crippen LogP contribution in [0.4, 0.5) is 4.39 Å². The van der Waals surface area contributed by atoms with E-state index in [1.54, 1.807) is 10.9 Å². The summed E-state index contributed by atoms with van der Waals surface area (Å²) >= 11 is 0. The predicted molar refractivity (Wildman–Crippen MR) is 51.4 cm³/mol. The first-order valence-corrected chi connectivity index (χ1v) is 4.97. The van der Waals surface area contributed by atoms with Crippen LogP contribution in [0.3, 0.4) is 0 Å². The summed E-state index contributed by atoms with van der Waals surface area (Å²) in [6.45, 7) is 0. The summed E-state index contributed by atoms with van der Waals surface area (Å²) in [6, 6.07) is 0.0819. The van der Waals surface area contributed by atoms with Gasteiger partial charge in [0, 0.05) is 12.6 Å². The fourth-order valence-electron chi connectivity index (χ4n) is 1.91. The number of halogens is 1. The third-order valence-corrected chi connectivity index (χ3v) is 2.74. The molecule has 0 aromatic carbocycles. The van der Waals surface area contributed by atoms with E-state index in [0.717, 1.165) is 6.42 Å². The van der Waals surface area contributed by atoms with E-state index in [-0.39, 0.29) is 6.04 Å². The lowest BCUT2D eigenvalue weighted by Crippen LogP contribution is -2.06. The zero-order valence-corrected chi connectivity index (χ0v) is 8.52. The Balaban J connectivity index is 2.10.